The molecule has 7 nitrogen and oxygen atoms in total. The molecule has 1 amide bonds. The van der Waals surface area contributed by atoms with Crippen molar-refractivity contribution in [1.29, 1.82) is 0 Å². The van der Waals surface area contributed by atoms with Crippen LogP contribution in [0.4, 0.5) is 0 Å². The molecule has 2 aliphatic carbocycles. The first-order valence-corrected chi connectivity index (χ1v) is 12.4. The van der Waals surface area contributed by atoms with E-state index in [0.717, 1.165) is 41.1 Å². The number of hydrogen-bond acceptors (Lipinski definition) is 6. The molecule has 3 aromatic heterocycles. The summed E-state index contributed by atoms with van der Waals surface area (Å²) in [5, 5.41) is 13.2. The molecule has 3 aliphatic rings. The van der Waals surface area contributed by atoms with Gasteiger partial charge in [-0.2, -0.15) is 0 Å². The summed E-state index contributed by atoms with van der Waals surface area (Å²) in [5.74, 6) is 1.30. The number of pyridine rings is 2. The highest BCUT2D eigenvalue weighted by Gasteiger charge is 2.32. The van der Waals surface area contributed by atoms with Crippen LogP contribution in [0.2, 0.25) is 0 Å². The van der Waals surface area contributed by atoms with Crippen molar-refractivity contribution >= 4 is 5.91 Å². The second-order valence-corrected chi connectivity index (χ2v) is 9.70. The maximum Gasteiger partial charge on any atom is 0.253 e. The van der Waals surface area contributed by atoms with E-state index in [1.165, 1.54) is 25.7 Å². The third-order valence-electron chi connectivity index (χ3n) is 7.25. The number of carbonyl (C=O) groups is 1. The van der Waals surface area contributed by atoms with Gasteiger partial charge in [-0.3, -0.25) is 9.78 Å². The summed E-state index contributed by atoms with van der Waals surface area (Å²) >= 11 is 0. The largest absolute Gasteiger partial charge is 0.441 e. The Hall–Kier alpha value is -3.06. The number of aryl methyl sites for hydroxylation is 1. The fraction of sp³-hybridized carbons (Fsp3) is 0.481. The number of hydrogen-bond donors (Lipinski definition) is 2. The van der Waals surface area contributed by atoms with Gasteiger partial charge >= 0.3 is 0 Å². The van der Waals surface area contributed by atoms with Gasteiger partial charge in [0.15, 0.2) is 11.7 Å². The first-order chi connectivity index (χ1) is 16.5. The minimum absolute atomic E-state index is 0.121. The van der Waals surface area contributed by atoms with Crippen LogP contribution in [0.5, 0.6) is 0 Å². The zero-order chi connectivity index (χ0) is 23.9. The van der Waals surface area contributed by atoms with Crippen molar-refractivity contribution in [3.8, 4) is 22.6 Å². The Kier molecular flexibility index (Phi) is 5.98. The molecule has 0 bridgehead atoms. The van der Waals surface area contributed by atoms with Crippen LogP contribution in [0.25, 0.3) is 22.6 Å². The van der Waals surface area contributed by atoms with Crippen molar-refractivity contribution in [1.82, 2.24) is 20.3 Å². The summed E-state index contributed by atoms with van der Waals surface area (Å²) in [4.78, 5) is 26.1. The molecule has 4 heterocycles. The number of amides is 1. The second kappa shape index (κ2) is 8.95. The van der Waals surface area contributed by atoms with Crippen molar-refractivity contribution in [2.75, 3.05) is 0 Å². The highest BCUT2D eigenvalue weighted by Crippen LogP contribution is 2.42. The van der Waals surface area contributed by atoms with E-state index in [-0.39, 0.29) is 11.3 Å². The average Bonchev–Trinajstić information content (AvgIpc) is 3.64. The number of fused-ring (bicyclic) bond motifs is 2. The van der Waals surface area contributed by atoms with Crippen molar-refractivity contribution in [3.63, 3.8) is 0 Å². The number of aromatic nitrogens is 3. The number of nitrogens with one attached hydrogen (secondary N) is 1. The van der Waals surface area contributed by atoms with Crippen LogP contribution >= 0.6 is 0 Å². The lowest BCUT2D eigenvalue weighted by Gasteiger charge is -2.20. The van der Waals surface area contributed by atoms with Gasteiger partial charge in [0.05, 0.1) is 41.5 Å². The minimum Gasteiger partial charge on any atom is -0.441 e. The van der Waals surface area contributed by atoms with Crippen LogP contribution < -0.4 is 5.32 Å². The normalized spacial score (nSPS) is 19.9. The van der Waals surface area contributed by atoms with E-state index in [4.69, 9.17) is 9.40 Å². The lowest BCUT2D eigenvalue weighted by molar-refractivity contribution is 0.0965. The van der Waals surface area contributed by atoms with Gasteiger partial charge < -0.3 is 14.8 Å². The molecule has 1 fully saturated rings. The highest BCUT2D eigenvalue weighted by molar-refractivity contribution is 5.99. The van der Waals surface area contributed by atoms with Gasteiger partial charge in [0.1, 0.15) is 0 Å². The van der Waals surface area contributed by atoms with Crippen molar-refractivity contribution in [2.45, 2.75) is 78.4 Å². The Morgan fingerprint density at radius 3 is 2.74 bits per heavy atom. The summed E-state index contributed by atoms with van der Waals surface area (Å²) in [7, 11) is 0. The SMILES string of the molecule is CC.CC1(Cc2ncc(-c3cc4c(nc3-c3cnc5c(c3)C(=O)NC5)C(O)CC4)o2)CCCC1. The maximum absolute atomic E-state index is 12.2. The molecule has 1 unspecified atom stereocenters. The minimum atomic E-state index is -0.573. The predicted molar refractivity (Wildman–Crippen MR) is 129 cm³/mol. The maximum atomic E-state index is 12.2. The quantitative estimate of drug-likeness (QED) is 0.557. The van der Waals surface area contributed by atoms with Crippen LogP contribution in [-0.4, -0.2) is 26.0 Å². The molecule has 178 valence electrons. The van der Waals surface area contributed by atoms with Gasteiger partial charge in [0.25, 0.3) is 5.91 Å². The summed E-state index contributed by atoms with van der Waals surface area (Å²) in [6.07, 6.45) is 10.2. The zero-order valence-electron chi connectivity index (χ0n) is 20.1. The Labute approximate surface area is 200 Å². The molecule has 2 N–H and O–H groups in total. The predicted octanol–water partition coefficient (Wildman–Crippen LogP) is 5.17. The number of nitrogens with zero attached hydrogens (tertiary/aromatic N) is 3. The van der Waals surface area contributed by atoms with E-state index in [1.54, 1.807) is 12.4 Å². The molecular weight excluding hydrogens is 428 g/mol. The van der Waals surface area contributed by atoms with E-state index in [9.17, 15) is 9.90 Å². The van der Waals surface area contributed by atoms with Gasteiger partial charge in [-0.1, -0.05) is 33.6 Å². The fourth-order valence-electron chi connectivity index (χ4n) is 5.40. The van der Waals surface area contributed by atoms with Crippen molar-refractivity contribution < 1.29 is 14.3 Å². The monoisotopic (exact) mass is 460 g/mol. The van der Waals surface area contributed by atoms with Crippen LogP contribution in [0.15, 0.2) is 28.9 Å². The van der Waals surface area contributed by atoms with E-state index < -0.39 is 6.10 Å². The number of aliphatic hydroxyl groups excluding tert-OH is 1. The third kappa shape index (κ3) is 4.02. The van der Waals surface area contributed by atoms with Crippen molar-refractivity contribution in [2.24, 2.45) is 5.41 Å². The summed E-state index contributed by atoms with van der Waals surface area (Å²) in [5.41, 5.74) is 5.52. The smallest absolute Gasteiger partial charge is 0.253 e. The molecule has 3 aromatic rings. The van der Waals surface area contributed by atoms with E-state index in [2.05, 4.69) is 28.3 Å². The molecule has 34 heavy (non-hydrogen) atoms. The summed E-state index contributed by atoms with van der Waals surface area (Å²) < 4.78 is 6.25. The summed E-state index contributed by atoms with van der Waals surface area (Å²) in [6.45, 7) is 6.76. The lowest BCUT2D eigenvalue weighted by Crippen LogP contribution is -2.14. The standard InChI is InChI=1S/C25H26N4O3.C2H6/c1-25(6-2-3-7-25)10-21-27-13-20(32-21)17-8-14-4-5-19(30)23(14)29-22(17)15-9-16-18(26-11-15)12-28-24(16)31;1-2/h8-9,11,13,19,30H,2-7,10,12H2,1H3,(H,28,31);1-2H3. The molecule has 0 aromatic carbocycles. The Bertz CT molecular complexity index is 1230. The zero-order valence-corrected chi connectivity index (χ0v) is 20.1. The van der Waals surface area contributed by atoms with E-state index in [1.807, 2.05) is 19.9 Å². The molecule has 1 aliphatic heterocycles. The molecule has 7 heteroatoms. The molecule has 1 atom stereocenters. The molecule has 0 radical (unpaired) electrons. The van der Waals surface area contributed by atoms with Crippen LogP contribution in [0, 0.1) is 5.41 Å². The summed E-state index contributed by atoms with van der Waals surface area (Å²) in [6, 6.07) is 3.89. The van der Waals surface area contributed by atoms with Gasteiger partial charge in [-0.15, -0.1) is 0 Å². The second-order valence-electron chi connectivity index (χ2n) is 9.70. The highest BCUT2D eigenvalue weighted by atomic mass is 16.4. The fourth-order valence-corrected chi connectivity index (χ4v) is 5.40. The Morgan fingerprint density at radius 1 is 1.15 bits per heavy atom. The van der Waals surface area contributed by atoms with E-state index in [0.29, 0.717) is 35.7 Å². The van der Waals surface area contributed by atoms with Gasteiger partial charge in [0, 0.05) is 23.7 Å². The topological polar surface area (TPSA) is 101 Å². The number of rotatable bonds is 4. The Balaban J connectivity index is 0.00000117. The Morgan fingerprint density at radius 2 is 1.94 bits per heavy atom. The van der Waals surface area contributed by atoms with Gasteiger partial charge in [-0.05, 0) is 48.8 Å². The number of oxazole rings is 1. The number of aliphatic hydroxyl groups is 1. The van der Waals surface area contributed by atoms with Gasteiger partial charge in [0.2, 0.25) is 0 Å². The number of carbonyl (C=O) groups excluding carboxylic acids is 1. The van der Waals surface area contributed by atoms with Gasteiger partial charge in [-0.25, -0.2) is 9.97 Å². The lowest BCUT2D eigenvalue weighted by atomic mass is 9.85. The third-order valence-corrected chi connectivity index (χ3v) is 7.25. The molecular formula is C27H32N4O3. The molecule has 0 spiro atoms. The van der Waals surface area contributed by atoms with Crippen LogP contribution in [0.1, 0.15) is 92.2 Å². The van der Waals surface area contributed by atoms with Crippen LogP contribution in [-0.2, 0) is 19.4 Å². The average molecular weight is 461 g/mol. The molecule has 0 saturated heterocycles. The first kappa shape index (κ1) is 22.7. The van der Waals surface area contributed by atoms with Crippen LogP contribution in [0.3, 0.4) is 0 Å². The first-order valence-electron chi connectivity index (χ1n) is 12.4. The van der Waals surface area contributed by atoms with Crippen molar-refractivity contribution in [3.05, 3.63) is 52.9 Å². The molecule has 6 rings (SSSR count). The molecule has 1 saturated carbocycles. The van der Waals surface area contributed by atoms with E-state index >= 15 is 0 Å².